The number of aryl methyl sites for hydroxylation is 2. The topological polar surface area (TPSA) is 55.4 Å². The Balaban J connectivity index is 1.60. The summed E-state index contributed by atoms with van der Waals surface area (Å²) < 4.78 is 33.5. The van der Waals surface area contributed by atoms with Gasteiger partial charge < -0.3 is 4.74 Å². The van der Waals surface area contributed by atoms with E-state index in [9.17, 15) is 8.42 Å². The molecular weight excluding hydrogens is 366 g/mol. The van der Waals surface area contributed by atoms with E-state index in [4.69, 9.17) is 4.74 Å². The van der Waals surface area contributed by atoms with Crippen LogP contribution in [0.15, 0.2) is 47.4 Å². The molecule has 0 aliphatic heterocycles. The molecule has 0 saturated carbocycles. The van der Waals surface area contributed by atoms with Gasteiger partial charge in [-0.1, -0.05) is 30.3 Å². The van der Waals surface area contributed by atoms with Gasteiger partial charge in [0.15, 0.2) is 0 Å². The lowest BCUT2D eigenvalue weighted by Crippen LogP contribution is -2.27. The third kappa shape index (κ3) is 4.81. The van der Waals surface area contributed by atoms with Crippen LogP contribution in [0.4, 0.5) is 0 Å². The fourth-order valence-corrected chi connectivity index (χ4v) is 5.38. The van der Waals surface area contributed by atoms with E-state index in [1.807, 2.05) is 24.3 Å². The molecule has 0 spiro atoms. The molecule has 1 aliphatic carbocycles. The van der Waals surface area contributed by atoms with Gasteiger partial charge in [-0.2, -0.15) is 11.8 Å². The average molecular weight is 392 g/mol. The van der Waals surface area contributed by atoms with Crippen molar-refractivity contribution in [1.29, 1.82) is 0 Å². The summed E-state index contributed by atoms with van der Waals surface area (Å²) in [6.45, 7) is 0.403. The quantitative estimate of drug-likeness (QED) is 0.696. The van der Waals surface area contributed by atoms with E-state index in [1.165, 1.54) is 18.2 Å². The highest BCUT2D eigenvalue weighted by Crippen LogP contribution is 2.31. The number of thioether (sulfide) groups is 1. The van der Waals surface area contributed by atoms with Crippen LogP contribution in [0.5, 0.6) is 5.75 Å². The van der Waals surface area contributed by atoms with Crippen molar-refractivity contribution in [1.82, 2.24) is 4.72 Å². The molecule has 1 aliphatic rings. The Morgan fingerprint density at radius 2 is 1.77 bits per heavy atom. The fourth-order valence-electron chi connectivity index (χ4n) is 3.20. The Kier molecular flexibility index (Phi) is 6.62. The Hall–Kier alpha value is -1.50. The first-order chi connectivity index (χ1) is 12.6. The SMILES string of the molecule is COc1cc2c(cc1S(=O)(=O)NCCSCc1ccccc1)CCCC2. The summed E-state index contributed by atoms with van der Waals surface area (Å²) in [5.74, 6) is 2.04. The van der Waals surface area contributed by atoms with Crippen molar-refractivity contribution in [2.24, 2.45) is 0 Å². The molecule has 2 aromatic rings. The van der Waals surface area contributed by atoms with Crippen LogP contribution in [0, 0.1) is 0 Å². The molecule has 26 heavy (non-hydrogen) atoms. The third-order valence-electron chi connectivity index (χ3n) is 4.57. The number of rotatable bonds is 8. The number of methoxy groups -OCH3 is 1. The molecule has 0 heterocycles. The number of hydrogen-bond donors (Lipinski definition) is 1. The third-order valence-corrected chi connectivity index (χ3v) is 7.08. The number of fused-ring (bicyclic) bond motifs is 1. The first-order valence-electron chi connectivity index (χ1n) is 8.91. The van der Waals surface area contributed by atoms with E-state index >= 15 is 0 Å². The summed E-state index contributed by atoms with van der Waals surface area (Å²) in [6.07, 6.45) is 4.20. The van der Waals surface area contributed by atoms with E-state index in [2.05, 4.69) is 16.9 Å². The lowest BCUT2D eigenvalue weighted by atomic mass is 9.92. The molecule has 3 rings (SSSR count). The highest BCUT2D eigenvalue weighted by Gasteiger charge is 2.22. The van der Waals surface area contributed by atoms with Gasteiger partial charge in [-0.05, 0) is 54.5 Å². The van der Waals surface area contributed by atoms with E-state index < -0.39 is 10.0 Å². The average Bonchev–Trinajstić information content (AvgIpc) is 2.67. The van der Waals surface area contributed by atoms with Crippen molar-refractivity contribution in [3.63, 3.8) is 0 Å². The molecule has 0 unspecified atom stereocenters. The van der Waals surface area contributed by atoms with Crippen LogP contribution in [-0.4, -0.2) is 27.8 Å². The summed E-state index contributed by atoms with van der Waals surface area (Å²) in [5, 5.41) is 0. The van der Waals surface area contributed by atoms with E-state index in [0.29, 0.717) is 12.3 Å². The molecule has 0 fully saturated rings. The number of benzene rings is 2. The van der Waals surface area contributed by atoms with Gasteiger partial charge in [0.25, 0.3) is 0 Å². The van der Waals surface area contributed by atoms with Gasteiger partial charge in [0.05, 0.1) is 7.11 Å². The Morgan fingerprint density at radius 1 is 1.08 bits per heavy atom. The molecule has 4 nitrogen and oxygen atoms in total. The van der Waals surface area contributed by atoms with Crippen LogP contribution in [0.2, 0.25) is 0 Å². The summed E-state index contributed by atoms with van der Waals surface area (Å²) in [7, 11) is -2.04. The molecule has 0 radical (unpaired) electrons. The number of nitrogens with one attached hydrogen (secondary N) is 1. The molecule has 2 aromatic carbocycles. The first kappa shape index (κ1) is 19.3. The van der Waals surface area contributed by atoms with Crippen LogP contribution in [0.3, 0.4) is 0 Å². The zero-order valence-corrected chi connectivity index (χ0v) is 16.7. The highest BCUT2D eigenvalue weighted by molar-refractivity contribution is 7.98. The van der Waals surface area contributed by atoms with Crippen molar-refractivity contribution in [3.05, 3.63) is 59.2 Å². The maximum absolute atomic E-state index is 12.7. The number of hydrogen-bond acceptors (Lipinski definition) is 4. The molecule has 140 valence electrons. The number of sulfonamides is 1. The monoisotopic (exact) mass is 391 g/mol. The van der Waals surface area contributed by atoms with E-state index in [-0.39, 0.29) is 4.90 Å². The minimum Gasteiger partial charge on any atom is -0.495 e. The predicted molar refractivity (Wildman–Crippen MR) is 107 cm³/mol. The molecule has 0 amide bonds. The largest absolute Gasteiger partial charge is 0.495 e. The normalized spacial score (nSPS) is 14.0. The summed E-state index contributed by atoms with van der Waals surface area (Å²) in [4.78, 5) is 0.258. The van der Waals surface area contributed by atoms with Gasteiger partial charge in [0.1, 0.15) is 10.6 Å². The standard InChI is InChI=1S/C20H25NO3S2/c1-24-19-13-17-9-5-6-10-18(17)14-20(19)26(22,23)21-11-12-25-15-16-7-3-2-4-8-16/h2-4,7-8,13-14,21H,5-6,9-12,15H2,1H3. The minimum absolute atomic E-state index is 0.258. The van der Waals surface area contributed by atoms with Crippen molar-refractivity contribution in [2.45, 2.75) is 36.3 Å². The number of ether oxygens (including phenoxy) is 1. The fraction of sp³-hybridized carbons (Fsp3) is 0.400. The van der Waals surface area contributed by atoms with Crippen LogP contribution >= 0.6 is 11.8 Å². The highest BCUT2D eigenvalue weighted by atomic mass is 32.2. The van der Waals surface area contributed by atoms with Crippen molar-refractivity contribution < 1.29 is 13.2 Å². The lowest BCUT2D eigenvalue weighted by molar-refractivity contribution is 0.401. The zero-order valence-electron chi connectivity index (χ0n) is 15.0. The smallest absolute Gasteiger partial charge is 0.244 e. The van der Waals surface area contributed by atoms with Gasteiger partial charge >= 0.3 is 0 Å². The maximum Gasteiger partial charge on any atom is 0.244 e. The Bertz CT molecular complexity index is 836. The molecule has 6 heteroatoms. The summed E-state index contributed by atoms with van der Waals surface area (Å²) in [5.41, 5.74) is 3.60. The van der Waals surface area contributed by atoms with Crippen molar-refractivity contribution in [3.8, 4) is 5.75 Å². The summed E-state index contributed by atoms with van der Waals surface area (Å²) in [6, 6.07) is 13.9. The van der Waals surface area contributed by atoms with Gasteiger partial charge in [-0.25, -0.2) is 13.1 Å². The van der Waals surface area contributed by atoms with E-state index in [0.717, 1.165) is 42.8 Å². The van der Waals surface area contributed by atoms with Crippen LogP contribution in [0.25, 0.3) is 0 Å². The summed E-state index contributed by atoms with van der Waals surface area (Å²) >= 11 is 1.72. The molecular formula is C20H25NO3S2. The van der Waals surface area contributed by atoms with E-state index in [1.54, 1.807) is 17.8 Å². The first-order valence-corrected chi connectivity index (χ1v) is 11.5. The molecule has 0 atom stereocenters. The van der Waals surface area contributed by atoms with Gasteiger partial charge in [0.2, 0.25) is 10.0 Å². The van der Waals surface area contributed by atoms with Crippen LogP contribution in [0.1, 0.15) is 29.5 Å². The van der Waals surface area contributed by atoms with Crippen molar-refractivity contribution >= 4 is 21.8 Å². The molecule has 0 saturated heterocycles. The minimum atomic E-state index is -3.57. The lowest BCUT2D eigenvalue weighted by Gasteiger charge is -2.19. The van der Waals surface area contributed by atoms with Crippen molar-refractivity contribution in [2.75, 3.05) is 19.4 Å². The molecule has 0 aromatic heterocycles. The molecule has 1 N–H and O–H groups in total. The van der Waals surface area contributed by atoms with Crippen LogP contribution in [-0.2, 0) is 28.6 Å². The predicted octanol–water partition coefficient (Wildman–Crippen LogP) is 3.79. The Morgan fingerprint density at radius 3 is 2.46 bits per heavy atom. The van der Waals surface area contributed by atoms with Gasteiger partial charge in [0, 0.05) is 18.1 Å². The Labute approximate surface area is 160 Å². The van der Waals surface area contributed by atoms with Crippen LogP contribution < -0.4 is 9.46 Å². The zero-order chi connectivity index (χ0) is 18.4. The second-order valence-electron chi connectivity index (χ2n) is 6.41. The second kappa shape index (κ2) is 8.93. The second-order valence-corrected chi connectivity index (χ2v) is 9.26. The maximum atomic E-state index is 12.7. The van der Waals surface area contributed by atoms with Gasteiger partial charge in [-0.3, -0.25) is 0 Å². The molecule has 0 bridgehead atoms. The van der Waals surface area contributed by atoms with Gasteiger partial charge in [-0.15, -0.1) is 0 Å².